The predicted octanol–water partition coefficient (Wildman–Crippen LogP) is 3.19. The normalized spacial score (nSPS) is 17.9. The molecule has 0 bridgehead atoms. The number of carbonyl (C=O) groups excluding carboxylic acids is 1. The SMILES string of the molecule is O=C(Nc1ccc(-c2nc(-c3ccc(CN4CCOCC4)s3)nc(C3CNCCO3)n2)cc1)Nc1cnccn1. The third kappa shape index (κ3) is 6.63. The lowest BCUT2D eigenvalue weighted by atomic mass is 10.2. The van der Waals surface area contributed by atoms with Gasteiger partial charge in [-0.25, -0.2) is 24.7 Å². The number of benzene rings is 1. The second kappa shape index (κ2) is 12.5. The summed E-state index contributed by atoms with van der Waals surface area (Å²) in [5, 5.41) is 8.80. The first-order valence-corrected chi connectivity index (χ1v) is 13.9. The smallest absolute Gasteiger partial charge is 0.324 e. The number of morpholine rings is 2. The lowest BCUT2D eigenvalue weighted by Gasteiger charge is -2.25. The Kier molecular flexibility index (Phi) is 8.25. The summed E-state index contributed by atoms with van der Waals surface area (Å²) in [5.74, 6) is 2.13. The van der Waals surface area contributed by atoms with Gasteiger partial charge in [-0.2, -0.15) is 0 Å². The molecule has 0 spiro atoms. The molecule has 3 N–H and O–H groups in total. The van der Waals surface area contributed by atoms with Gasteiger partial charge in [-0.15, -0.1) is 11.3 Å². The average Bonchev–Trinajstić information content (AvgIpc) is 3.47. The number of hydrogen-bond acceptors (Lipinski definition) is 11. The Morgan fingerprint density at radius 3 is 2.62 bits per heavy atom. The molecule has 4 aromatic rings. The summed E-state index contributed by atoms with van der Waals surface area (Å²) in [5.41, 5.74) is 1.42. The Bertz CT molecular complexity index is 1420. The number of carbonyl (C=O) groups is 1. The van der Waals surface area contributed by atoms with E-state index in [1.165, 1.54) is 17.3 Å². The number of nitrogens with zero attached hydrogens (tertiary/aromatic N) is 6. The molecule has 0 aliphatic carbocycles. The molecule has 1 atom stereocenters. The minimum atomic E-state index is -0.412. The highest BCUT2D eigenvalue weighted by atomic mass is 32.1. The van der Waals surface area contributed by atoms with Crippen molar-refractivity contribution in [2.75, 3.05) is 56.6 Å². The van der Waals surface area contributed by atoms with E-state index in [1.807, 2.05) is 12.1 Å². The van der Waals surface area contributed by atoms with Crippen LogP contribution in [0.5, 0.6) is 0 Å². The zero-order valence-electron chi connectivity index (χ0n) is 21.7. The van der Waals surface area contributed by atoms with E-state index in [1.54, 1.807) is 29.7 Å². The molecular formula is C27H29N9O3S. The monoisotopic (exact) mass is 559 g/mol. The van der Waals surface area contributed by atoms with Crippen LogP contribution >= 0.6 is 11.3 Å². The fraction of sp³-hybridized carbons (Fsp3) is 0.333. The number of hydrogen-bond donors (Lipinski definition) is 3. The maximum Gasteiger partial charge on any atom is 0.324 e. The molecule has 206 valence electrons. The first-order valence-electron chi connectivity index (χ1n) is 13.1. The summed E-state index contributed by atoms with van der Waals surface area (Å²) in [6, 6.07) is 11.2. The first-order chi connectivity index (χ1) is 19.7. The number of rotatable bonds is 7. The van der Waals surface area contributed by atoms with Crippen molar-refractivity contribution in [3.63, 3.8) is 0 Å². The van der Waals surface area contributed by atoms with E-state index in [9.17, 15) is 4.79 Å². The van der Waals surface area contributed by atoms with Crippen molar-refractivity contribution in [2.24, 2.45) is 0 Å². The Labute approximate surface area is 235 Å². The predicted molar refractivity (Wildman–Crippen MR) is 151 cm³/mol. The molecule has 3 aromatic heterocycles. The molecule has 6 rings (SSSR count). The van der Waals surface area contributed by atoms with Crippen LogP contribution in [-0.4, -0.2) is 81.9 Å². The van der Waals surface area contributed by atoms with Gasteiger partial charge in [0.05, 0.1) is 30.9 Å². The number of aromatic nitrogens is 5. The minimum absolute atomic E-state index is 0.257. The van der Waals surface area contributed by atoms with Crippen LogP contribution in [0, 0.1) is 0 Å². The van der Waals surface area contributed by atoms with Gasteiger partial charge in [0.2, 0.25) is 0 Å². The van der Waals surface area contributed by atoms with Gasteiger partial charge >= 0.3 is 6.03 Å². The third-order valence-corrected chi connectivity index (χ3v) is 7.51. The lowest BCUT2D eigenvalue weighted by Crippen LogP contribution is -2.35. The second-order valence-electron chi connectivity index (χ2n) is 9.31. The Morgan fingerprint density at radius 2 is 1.85 bits per heavy atom. The molecule has 1 aromatic carbocycles. The number of thiophene rings is 1. The van der Waals surface area contributed by atoms with E-state index in [0.29, 0.717) is 42.1 Å². The zero-order valence-corrected chi connectivity index (χ0v) is 22.6. The van der Waals surface area contributed by atoms with Crippen molar-refractivity contribution < 1.29 is 14.3 Å². The van der Waals surface area contributed by atoms with Crippen LogP contribution in [0.15, 0.2) is 55.0 Å². The average molecular weight is 560 g/mol. The van der Waals surface area contributed by atoms with E-state index in [0.717, 1.165) is 49.8 Å². The summed E-state index contributed by atoms with van der Waals surface area (Å²) in [7, 11) is 0. The van der Waals surface area contributed by atoms with E-state index < -0.39 is 6.03 Å². The van der Waals surface area contributed by atoms with Gasteiger partial charge in [0.15, 0.2) is 23.3 Å². The van der Waals surface area contributed by atoms with Crippen molar-refractivity contribution in [1.29, 1.82) is 0 Å². The Hall–Kier alpha value is -3.88. The second-order valence-corrected chi connectivity index (χ2v) is 10.5. The number of ether oxygens (including phenoxy) is 2. The van der Waals surface area contributed by atoms with Gasteiger partial charge in [0.1, 0.15) is 6.10 Å². The molecule has 0 saturated carbocycles. The standard InChI is InChI=1S/C27H29N9O3S/c37-27(32-23-16-28-7-8-30-23)31-19-3-1-18(2-4-19)24-33-25(21-15-29-9-12-39-21)35-26(34-24)22-6-5-20(40-22)17-36-10-13-38-14-11-36/h1-8,16,21,29H,9-15,17H2,(H2,30,31,32,37). The van der Waals surface area contributed by atoms with E-state index in [4.69, 9.17) is 24.4 Å². The minimum Gasteiger partial charge on any atom is -0.379 e. The molecule has 2 aliphatic rings. The summed E-state index contributed by atoms with van der Waals surface area (Å²) >= 11 is 1.69. The molecule has 40 heavy (non-hydrogen) atoms. The number of amides is 2. The molecule has 1 unspecified atom stereocenters. The molecule has 12 nitrogen and oxygen atoms in total. The Morgan fingerprint density at radius 1 is 1.00 bits per heavy atom. The third-order valence-electron chi connectivity index (χ3n) is 6.44. The molecule has 2 aliphatic heterocycles. The fourth-order valence-corrected chi connectivity index (χ4v) is 5.40. The van der Waals surface area contributed by atoms with Crippen LogP contribution in [0.3, 0.4) is 0 Å². The highest BCUT2D eigenvalue weighted by Crippen LogP contribution is 2.30. The molecule has 2 saturated heterocycles. The van der Waals surface area contributed by atoms with Gasteiger partial charge in [0, 0.05) is 61.2 Å². The van der Waals surface area contributed by atoms with Gasteiger partial charge in [0.25, 0.3) is 0 Å². The van der Waals surface area contributed by atoms with Crippen molar-refractivity contribution in [3.8, 4) is 22.1 Å². The van der Waals surface area contributed by atoms with Gasteiger partial charge in [-0.3, -0.25) is 15.2 Å². The molecule has 13 heteroatoms. The molecule has 5 heterocycles. The van der Waals surface area contributed by atoms with Crippen LogP contribution < -0.4 is 16.0 Å². The zero-order chi connectivity index (χ0) is 27.1. The van der Waals surface area contributed by atoms with Crippen LogP contribution in [0.25, 0.3) is 22.1 Å². The molecular weight excluding hydrogens is 530 g/mol. The topological polar surface area (TPSA) is 139 Å². The summed E-state index contributed by atoms with van der Waals surface area (Å²) in [6.07, 6.45) is 4.27. The number of anilines is 2. The van der Waals surface area contributed by atoms with Crippen LogP contribution in [-0.2, 0) is 16.0 Å². The maximum absolute atomic E-state index is 12.3. The fourth-order valence-electron chi connectivity index (χ4n) is 4.41. The largest absolute Gasteiger partial charge is 0.379 e. The first kappa shape index (κ1) is 26.3. The van der Waals surface area contributed by atoms with E-state index in [2.05, 4.69) is 43.0 Å². The van der Waals surface area contributed by atoms with Gasteiger partial charge < -0.3 is 20.1 Å². The van der Waals surface area contributed by atoms with Crippen LogP contribution in [0.4, 0.5) is 16.3 Å². The highest BCUT2D eigenvalue weighted by molar-refractivity contribution is 7.15. The maximum atomic E-state index is 12.3. The molecule has 2 fully saturated rings. The van der Waals surface area contributed by atoms with Crippen molar-refractivity contribution >= 4 is 28.9 Å². The molecule has 0 radical (unpaired) electrons. The number of nitrogens with one attached hydrogen (secondary N) is 3. The van der Waals surface area contributed by atoms with E-state index >= 15 is 0 Å². The summed E-state index contributed by atoms with van der Waals surface area (Å²) < 4.78 is 11.4. The van der Waals surface area contributed by atoms with Crippen LogP contribution in [0.1, 0.15) is 16.8 Å². The Balaban J connectivity index is 1.22. The van der Waals surface area contributed by atoms with Crippen LogP contribution in [0.2, 0.25) is 0 Å². The van der Waals surface area contributed by atoms with Gasteiger partial charge in [-0.05, 0) is 36.4 Å². The molecule has 2 amide bonds. The summed E-state index contributed by atoms with van der Waals surface area (Å²) in [4.78, 5) is 39.4. The summed E-state index contributed by atoms with van der Waals surface area (Å²) in [6.45, 7) is 6.34. The lowest BCUT2D eigenvalue weighted by molar-refractivity contribution is 0.0221. The van der Waals surface area contributed by atoms with Crippen molar-refractivity contribution in [2.45, 2.75) is 12.6 Å². The van der Waals surface area contributed by atoms with Crippen molar-refractivity contribution in [1.82, 2.24) is 35.1 Å². The highest BCUT2D eigenvalue weighted by Gasteiger charge is 2.22. The quantitative estimate of drug-likeness (QED) is 0.309. The van der Waals surface area contributed by atoms with Crippen molar-refractivity contribution in [3.05, 3.63) is 65.7 Å². The number of urea groups is 1. The van der Waals surface area contributed by atoms with E-state index in [-0.39, 0.29) is 6.10 Å². The van der Waals surface area contributed by atoms with Gasteiger partial charge in [-0.1, -0.05) is 0 Å².